The molecule has 0 radical (unpaired) electrons. The maximum absolute atomic E-state index is 6.61. The van der Waals surface area contributed by atoms with E-state index in [1.165, 1.54) is 0 Å². The molecule has 0 aliphatic heterocycles. The van der Waals surface area contributed by atoms with Crippen LogP contribution in [0.25, 0.3) is 22.1 Å². The lowest BCUT2D eigenvalue weighted by Gasteiger charge is -2.33. The topological polar surface area (TPSA) is 92.5 Å². The van der Waals surface area contributed by atoms with Crippen molar-refractivity contribution in [2.24, 2.45) is 0 Å². The Labute approximate surface area is 141 Å². The molecule has 1 aliphatic carbocycles. The second-order valence-corrected chi connectivity index (χ2v) is 6.74. The Hall–Kier alpha value is -2.67. The number of nitrogens with zero attached hydrogens (tertiary/aromatic N) is 4. The minimum atomic E-state index is -0.367. The average Bonchev–Trinajstić information content (AvgIpc) is 3.17. The van der Waals surface area contributed by atoms with Crippen LogP contribution >= 0.6 is 11.6 Å². The zero-order valence-electron chi connectivity index (χ0n) is 12.6. The molecular formula is C16H13ClN6O. The lowest BCUT2D eigenvalue weighted by molar-refractivity contribution is 0.333. The third kappa shape index (κ3) is 1.98. The Morgan fingerprint density at radius 2 is 2.08 bits per heavy atom. The van der Waals surface area contributed by atoms with Gasteiger partial charge in [0.25, 0.3) is 0 Å². The van der Waals surface area contributed by atoms with Crippen molar-refractivity contribution in [3.8, 4) is 0 Å². The highest BCUT2D eigenvalue weighted by atomic mass is 35.5. The quantitative estimate of drug-likeness (QED) is 0.550. The van der Waals surface area contributed by atoms with Crippen LogP contribution in [0, 0.1) is 0 Å². The summed E-state index contributed by atoms with van der Waals surface area (Å²) in [7, 11) is 0. The summed E-state index contributed by atoms with van der Waals surface area (Å²) < 4.78 is 5.49. The standard InChI is InChI=1S/C16H13ClN6O/c17-16(4-1-5-16)13-10-3-2-9(8-11(10)24-23-13)20-15-12-14(21-22-15)19-7-6-18-12/h2-3,6-8H,1,4-5H2,(H2,19,20,21,22). The molecule has 3 heterocycles. The van der Waals surface area contributed by atoms with Crippen LogP contribution in [0.1, 0.15) is 25.0 Å². The van der Waals surface area contributed by atoms with Crippen LogP contribution in [0.15, 0.2) is 35.1 Å². The summed E-state index contributed by atoms with van der Waals surface area (Å²) in [4.78, 5) is 8.09. The van der Waals surface area contributed by atoms with Crippen LogP contribution in [0.4, 0.5) is 11.5 Å². The van der Waals surface area contributed by atoms with Gasteiger partial charge < -0.3 is 9.84 Å². The Morgan fingerprint density at radius 3 is 2.92 bits per heavy atom. The first-order valence-electron chi connectivity index (χ1n) is 7.74. The predicted octanol–water partition coefficient (Wildman–Crippen LogP) is 3.86. The number of anilines is 2. The van der Waals surface area contributed by atoms with Gasteiger partial charge in [0.15, 0.2) is 22.6 Å². The zero-order valence-corrected chi connectivity index (χ0v) is 13.3. The lowest BCUT2D eigenvalue weighted by atomic mass is 9.81. The van der Waals surface area contributed by atoms with Crippen LogP contribution in [0.3, 0.4) is 0 Å². The number of aromatic amines is 1. The number of hydrogen-bond donors (Lipinski definition) is 2. The van der Waals surface area contributed by atoms with Gasteiger partial charge in [-0.3, -0.25) is 5.10 Å². The van der Waals surface area contributed by atoms with Crippen LogP contribution in [0.2, 0.25) is 0 Å². The van der Waals surface area contributed by atoms with E-state index in [2.05, 4.69) is 30.6 Å². The third-order valence-corrected chi connectivity index (χ3v) is 5.06. The van der Waals surface area contributed by atoms with E-state index in [9.17, 15) is 0 Å². The second kappa shape index (κ2) is 4.91. The zero-order chi connectivity index (χ0) is 16.1. The van der Waals surface area contributed by atoms with Gasteiger partial charge in [-0.2, -0.15) is 5.10 Å². The monoisotopic (exact) mass is 340 g/mol. The highest BCUT2D eigenvalue weighted by Gasteiger charge is 2.40. The lowest BCUT2D eigenvalue weighted by Crippen LogP contribution is -2.27. The maximum Gasteiger partial charge on any atom is 0.180 e. The molecule has 2 N–H and O–H groups in total. The van der Waals surface area contributed by atoms with Gasteiger partial charge in [0.2, 0.25) is 0 Å². The number of benzene rings is 1. The summed E-state index contributed by atoms with van der Waals surface area (Å²) in [6, 6.07) is 5.83. The molecule has 8 heteroatoms. The number of rotatable bonds is 3. The van der Waals surface area contributed by atoms with Crippen molar-refractivity contribution in [3.63, 3.8) is 0 Å². The van der Waals surface area contributed by atoms with Crippen molar-refractivity contribution in [2.75, 3.05) is 5.32 Å². The molecule has 1 aromatic carbocycles. The number of hydrogen-bond acceptors (Lipinski definition) is 6. The number of nitrogens with one attached hydrogen (secondary N) is 2. The van der Waals surface area contributed by atoms with Gasteiger partial charge in [-0.05, 0) is 31.4 Å². The van der Waals surface area contributed by atoms with E-state index in [0.29, 0.717) is 22.6 Å². The SMILES string of the molecule is ClC1(c2noc3cc(Nc4n[nH]c5nccnc45)ccc23)CCC1. The van der Waals surface area contributed by atoms with Crippen LogP contribution in [-0.4, -0.2) is 25.3 Å². The molecule has 1 fully saturated rings. The van der Waals surface area contributed by atoms with Gasteiger partial charge in [-0.25, -0.2) is 9.97 Å². The van der Waals surface area contributed by atoms with E-state index in [4.69, 9.17) is 16.1 Å². The summed E-state index contributed by atoms with van der Waals surface area (Å²) in [6.07, 6.45) is 6.26. The van der Waals surface area contributed by atoms with Gasteiger partial charge in [-0.15, -0.1) is 11.6 Å². The molecule has 4 aromatic rings. The summed E-state index contributed by atoms with van der Waals surface area (Å²) in [5, 5.41) is 15.4. The largest absolute Gasteiger partial charge is 0.356 e. The third-order valence-electron chi connectivity index (χ3n) is 4.50. The molecule has 7 nitrogen and oxygen atoms in total. The van der Waals surface area contributed by atoms with Crippen LogP contribution in [0.5, 0.6) is 0 Å². The number of aromatic nitrogens is 5. The van der Waals surface area contributed by atoms with E-state index in [1.807, 2.05) is 18.2 Å². The van der Waals surface area contributed by atoms with E-state index in [-0.39, 0.29) is 4.87 Å². The molecule has 24 heavy (non-hydrogen) atoms. The number of fused-ring (bicyclic) bond motifs is 2. The van der Waals surface area contributed by atoms with E-state index in [0.717, 1.165) is 36.0 Å². The Bertz CT molecular complexity index is 1050. The number of halogens is 1. The molecule has 0 saturated heterocycles. The van der Waals surface area contributed by atoms with Gasteiger partial charge in [0, 0.05) is 29.5 Å². The van der Waals surface area contributed by atoms with Crippen molar-refractivity contribution in [3.05, 3.63) is 36.3 Å². The predicted molar refractivity (Wildman–Crippen MR) is 90.4 cm³/mol. The van der Waals surface area contributed by atoms with E-state index < -0.39 is 0 Å². The average molecular weight is 341 g/mol. The van der Waals surface area contributed by atoms with E-state index in [1.54, 1.807) is 12.4 Å². The molecule has 1 aliphatic rings. The smallest absolute Gasteiger partial charge is 0.180 e. The first kappa shape index (κ1) is 13.7. The minimum Gasteiger partial charge on any atom is -0.356 e. The number of alkyl halides is 1. The fraction of sp³-hybridized carbons (Fsp3) is 0.250. The van der Waals surface area contributed by atoms with Gasteiger partial charge >= 0.3 is 0 Å². The minimum absolute atomic E-state index is 0.367. The Balaban J connectivity index is 1.52. The maximum atomic E-state index is 6.61. The normalized spacial score (nSPS) is 16.4. The first-order valence-corrected chi connectivity index (χ1v) is 8.12. The fourth-order valence-electron chi connectivity index (χ4n) is 3.04. The summed E-state index contributed by atoms with van der Waals surface area (Å²) >= 11 is 6.61. The van der Waals surface area contributed by atoms with Crippen LogP contribution in [-0.2, 0) is 4.87 Å². The molecule has 0 atom stereocenters. The summed E-state index contributed by atoms with van der Waals surface area (Å²) in [6.45, 7) is 0. The molecule has 0 unspecified atom stereocenters. The molecular weight excluding hydrogens is 328 g/mol. The summed E-state index contributed by atoms with van der Waals surface area (Å²) in [5.41, 5.74) is 3.70. The molecule has 0 amide bonds. The second-order valence-electron chi connectivity index (χ2n) is 6.01. The van der Waals surface area contributed by atoms with Gasteiger partial charge in [0.05, 0.1) is 4.87 Å². The van der Waals surface area contributed by atoms with Crippen molar-refractivity contribution >= 4 is 45.2 Å². The first-order chi connectivity index (χ1) is 11.7. The Kier molecular flexibility index (Phi) is 2.81. The van der Waals surface area contributed by atoms with Crippen LogP contribution < -0.4 is 5.32 Å². The van der Waals surface area contributed by atoms with E-state index >= 15 is 0 Å². The van der Waals surface area contributed by atoms with Crippen molar-refractivity contribution in [2.45, 2.75) is 24.1 Å². The molecule has 3 aromatic heterocycles. The molecule has 5 rings (SSSR count). The highest BCUT2D eigenvalue weighted by Crippen LogP contribution is 2.49. The number of H-pyrrole nitrogens is 1. The Morgan fingerprint density at radius 1 is 1.21 bits per heavy atom. The molecule has 0 bridgehead atoms. The highest BCUT2D eigenvalue weighted by molar-refractivity contribution is 6.25. The van der Waals surface area contributed by atoms with Crippen molar-refractivity contribution in [1.82, 2.24) is 25.3 Å². The van der Waals surface area contributed by atoms with Crippen molar-refractivity contribution in [1.29, 1.82) is 0 Å². The molecule has 0 spiro atoms. The van der Waals surface area contributed by atoms with Gasteiger partial charge in [-0.1, -0.05) is 5.16 Å². The van der Waals surface area contributed by atoms with Gasteiger partial charge in [0.1, 0.15) is 5.69 Å². The van der Waals surface area contributed by atoms with Crippen molar-refractivity contribution < 1.29 is 4.52 Å². The molecule has 1 saturated carbocycles. The fourth-order valence-corrected chi connectivity index (χ4v) is 3.44. The summed E-state index contributed by atoms with van der Waals surface area (Å²) in [5.74, 6) is 0.616. The molecule has 120 valence electrons.